The monoisotopic (exact) mass is 203 g/mol. The van der Waals surface area contributed by atoms with Gasteiger partial charge < -0.3 is 4.74 Å². The van der Waals surface area contributed by atoms with Gasteiger partial charge in [0.15, 0.2) is 0 Å². The van der Waals surface area contributed by atoms with E-state index in [0.29, 0.717) is 5.57 Å². The zero-order chi connectivity index (χ0) is 10.8. The molecular weight excluding hydrogens is 194 g/mol. The minimum Gasteiger partial charge on any atom is -0.429 e. The van der Waals surface area contributed by atoms with E-state index in [1.807, 2.05) is 31.2 Å². The Hall–Kier alpha value is -1.97. The highest BCUT2D eigenvalue weighted by Gasteiger charge is 2.27. The number of aryl methyl sites for hydroxylation is 1. The molecule has 4 nitrogen and oxygen atoms in total. The molecule has 1 aliphatic rings. The normalized spacial score (nSPS) is 19.7. The Balaban J connectivity index is 2.37. The Morgan fingerprint density at radius 1 is 1.27 bits per heavy atom. The Kier molecular flexibility index (Phi) is 2.33. The van der Waals surface area contributed by atoms with Crippen molar-refractivity contribution >= 4 is 11.5 Å². The van der Waals surface area contributed by atoms with Crippen molar-refractivity contribution in [2.45, 2.75) is 13.2 Å². The van der Waals surface area contributed by atoms with Crippen molar-refractivity contribution in [3.05, 3.63) is 46.4 Å². The van der Waals surface area contributed by atoms with Crippen molar-refractivity contribution in [2.75, 3.05) is 0 Å². The zero-order valence-corrected chi connectivity index (χ0v) is 8.14. The fourth-order valence-electron chi connectivity index (χ4n) is 1.46. The molecule has 76 valence electrons. The molecule has 1 unspecified atom stereocenters. The number of carbonyl (C=O) groups is 1. The van der Waals surface area contributed by atoms with Crippen molar-refractivity contribution in [1.29, 1.82) is 0 Å². The molecule has 0 bridgehead atoms. The van der Waals surface area contributed by atoms with Crippen LogP contribution in [-0.4, -0.2) is 12.2 Å². The molecule has 1 aromatic carbocycles. The van der Waals surface area contributed by atoms with Gasteiger partial charge in [0, 0.05) is 11.6 Å². The van der Waals surface area contributed by atoms with Crippen molar-refractivity contribution in [1.82, 2.24) is 0 Å². The van der Waals surface area contributed by atoms with Crippen molar-refractivity contribution in [2.24, 2.45) is 5.18 Å². The molecule has 0 saturated carbocycles. The van der Waals surface area contributed by atoms with E-state index < -0.39 is 12.2 Å². The lowest BCUT2D eigenvalue weighted by Gasteiger charge is -2.06. The number of esters is 1. The Morgan fingerprint density at radius 3 is 2.53 bits per heavy atom. The molecule has 0 aromatic heterocycles. The number of ether oxygens (including phenoxy) is 1. The standard InChI is InChI=1S/C11H9NO3/c1-7-2-4-8(5-3-7)9-6-10(13)15-11(9)12-14/h2-6,11H,1H3. The van der Waals surface area contributed by atoms with Crippen LogP contribution in [0.1, 0.15) is 11.1 Å². The SMILES string of the molecule is Cc1ccc(C2=CC(=O)OC2N=O)cc1. The first kappa shape index (κ1) is 9.58. The first-order valence-electron chi connectivity index (χ1n) is 4.52. The number of cyclic esters (lactones) is 1. The van der Waals surface area contributed by atoms with Crippen LogP contribution in [0.3, 0.4) is 0 Å². The summed E-state index contributed by atoms with van der Waals surface area (Å²) in [4.78, 5) is 21.4. The van der Waals surface area contributed by atoms with E-state index in [9.17, 15) is 9.70 Å². The maximum Gasteiger partial charge on any atom is 0.333 e. The molecule has 0 aliphatic carbocycles. The Bertz CT molecular complexity index is 434. The van der Waals surface area contributed by atoms with E-state index in [4.69, 9.17) is 4.74 Å². The van der Waals surface area contributed by atoms with Crippen LogP contribution in [0.2, 0.25) is 0 Å². The Labute approximate surface area is 86.5 Å². The van der Waals surface area contributed by atoms with Crippen molar-refractivity contribution < 1.29 is 9.53 Å². The third-order valence-electron chi connectivity index (χ3n) is 2.25. The maximum atomic E-state index is 11.0. The highest BCUT2D eigenvalue weighted by Crippen LogP contribution is 2.26. The van der Waals surface area contributed by atoms with Gasteiger partial charge in [-0.15, -0.1) is 4.91 Å². The van der Waals surface area contributed by atoms with Crippen LogP contribution >= 0.6 is 0 Å². The number of benzene rings is 1. The quantitative estimate of drug-likeness (QED) is 0.545. The van der Waals surface area contributed by atoms with Crippen LogP contribution < -0.4 is 0 Å². The van der Waals surface area contributed by atoms with Crippen LogP contribution in [0.5, 0.6) is 0 Å². The summed E-state index contributed by atoms with van der Waals surface area (Å²) >= 11 is 0. The summed E-state index contributed by atoms with van der Waals surface area (Å²) in [6, 6.07) is 7.48. The molecule has 1 aromatic rings. The Morgan fingerprint density at radius 2 is 1.93 bits per heavy atom. The van der Waals surface area contributed by atoms with Crippen LogP contribution in [0.4, 0.5) is 0 Å². The second-order valence-electron chi connectivity index (χ2n) is 3.36. The van der Waals surface area contributed by atoms with E-state index in [2.05, 4.69) is 5.18 Å². The van der Waals surface area contributed by atoms with E-state index in [1.165, 1.54) is 6.08 Å². The number of rotatable bonds is 2. The first-order valence-corrected chi connectivity index (χ1v) is 4.52. The number of hydrogen-bond donors (Lipinski definition) is 0. The molecule has 0 fully saturated rings. The summed E-state index contributed by atoms with van der Waals surface area (Å²) in [6.07, 6.45) is 0.303. The van der Waals surface area contributed by atoms with Gasteiger partial charge in [0.25, 0.3) is 6.23 Å². The summed E-state index contributed by atoms with van der Waals surface area (Å²) in [6.45, 7) is 1.96. The largest absolute Gasteiger partial charge is 0.429 e. The van der Waals surface area contributed by atoms with Gasteiger partial charge >= 0.3 is 5.97 Å². The second kappa shape index (κ2) is 3.65. The summed E-state index contributed by atoms with van der Waals surface area (Å²) in [5.74, 6) is -0.518. The number of nitroso groups, excluding NO2 is 1. The fourth-order valence-corrected chi connectivity index (χ4v) is 1.46. The van der Waals surface area contributed by atoms with Crippen LogP contribution in [0, 0.1) is 11.8 Å². The van der Waals surface area contributed by atoms with Crippen molar-refractivity contribution in [3.63, 3.8) is 0 Å². The molecule has 1 aliphatic heterocycles. The minimum atomic E-state index is -1.000. The molecular formula is C11H9NO3. The number of hydrogen-bond acceptors (Lipinski definition) is 4. The molecule has 2 rings (SSSR count). The van der Waals surface area contributed by atoms with E-state index in [-0.39, 0.29) is 0 Å². The lowest BCUT2D eigenvalue weighted by molar-refractivity contribution is -0.138. The number of carbonyl (C=O) groups excluding carboxylic acids is 1. The molecule has 0 radical (unpaired) electrons. The van der Waals surface area contributed by atoms with Gasteiger partial charge in [-0.3, -0.25) is 0 Å². The van der Waals surface area contributed by atoms with Crippen molar-refractivity contribution in [3.8, 4) is 0 Å². The lowest BCUT2D eigenvalue weighted by atomic mass is 10.0. The van der Waals surface area contributed by atoms with Gasteiger partial charge in [-0.25, -0.2) is 4.79 Å². The minimum absolute atomic E-state index is 0.518. The van der Waals surface area contributed by atoms with Gasteiger partial charge in [-0.05, 0) is 17.7 Å². The molecule has 0 saturated heterocycles. The highest BCUT2D eigenvalue weighted by atomic mass is 16.6. The summed E-state index contributed by atoms with van der Waals surface area (Å²) in [7, 11) is 0. The van der Waals surface area contributed by atoms with Crippen LogP contribution in [0.25, 0.3) is 5.57 Å². The van der Waals surface area contributed by atoms with E-state index in [0.717, 1.165) is 11.1 Å². The molecule has 4 heteroatoms. The van der Waals surface area contributed by atoms with Crippen LogP contribution in [-0.2, 0) is 9.53 Å². The average molecular weight is 203 g/mol. The van der Waals surface area contributed by atoms with Gasteiger partial charge in [0.2, 0.25) is 0 Å². The number of nitrogens with zero attached hydrogens (tertiary/aromatic N) is 1. The smallest absolute Gasteiger partial charge is 0.333 e. The summed E-state index contributed by atoms with van der Waals surface area (Å²) in [5.41, 5.74) is 2.42. The summed E-state index contributed by atoms with van der Waals surface area (Å²) in [5, 5.41) is 2.76. The first-order chi connectivity index (χ1) is 7.20. The molecule has 0 N–H and O–H groups in total. The third kappa shape index (κ3) is 1.79. The zero-order valence-electron chi connectivity index (χ0n) is 8.14. The predicted octanol–water partition coefficient (Wildman–Crippen LogP) is 2.03. The second-order valence-corrected chi connectivity index (χ2v) is 3.36. The van der Waals surface area contributed by atoms with Gasteiger partial charge in [0.1, 0.15) is 0 Å². The molecule has 0 amide bonds. The summed E-state index contributed by atoms with van der Waals surface area (Å²) < 4.78 is 4.70. The lowest BCUT2D eigenvalue weighted by Crippen LogP contribution is -2.06. The molecule has 15 heavy (non-hydrogen) atoms. The van der Waals surface area contributed by atoms with E-state index >= 15 is 0 Å². The highest BCUT2D eigenvalue weighted by molar-refractivity contribution is 5.97. The van der Waals surface area contributed by atoms with Gasteiger partial charge in [-0.1, -0.05) is 29.8 Å². The molecule has 1 atom stereocenters. The molecule has 0 spiro atoms. The van der Waals surface area contributed by atoms with E-state index in [1.54, 1.807) is 0 Å². The third-order valence-corrected chi connectivity index (χ3v) is 2.25. The van der Waals surface area contributed by atoms with Gasteiger partial charge in [0.05, 0.1) is 0 Å². The van der Waals surface area contributed by atoms with Gasteiger partial charge in [-0.2, -0.15) is 0 Å². The average Bonchev–Trinajstić information content (AvgIpc) is 2.61. The van der Waals surface area contributed by atoms with Crippen LogP contribution in [0.15, 0.2) is 35.5 Å². The molecule has 1 heterocycles. The predicted molar refractivity (Wildman–Crippen MR) is 54.8 cm³/mol. The fraction of sp³-hybridized carbons (Fsp3) is 0.182. The maximum absolute atomic E-state index is 11.0. The topological polar surface area (TPSA) is 55.7 Å².